The zero-order chi connectivity index (χ0) is 12.3. The largest absolute Gasteiger partial charge is 0.275 e. The predicted octanol–water partition coefficient (Wildman–Crippen LogP) is 2.14. The number of nitrogens with two attached hydrogens (primary N) is 1. The highest BCUT2D eigenvalue weighted by molar-refractivity contribution is 5.12. The summed E-state index contributed by atoms with van der Waals surface area (Å²) in [5.41, 5.74) is 4.23. The highest BCUT2D eigenvalue weighted by Crippen LogP contribution is 2.39. The van der Waals surface area contributed by atoms with Gasteiger partial charge in [0.05, 0.1) is 12.2 Å². The van der Waals surface area contributed by atoms with E-state index in [1.54, 1.807) is 0 Å². The third-order valence-electron chi connectivity index (χ3n) is 4.18. The first-order chi connectivity index (χ1) is 8.26. The van der Waals surface area contributed by atoms with Gasteiger partial charge in [-0.3, -0.25) is 16.0 Å². The first kappa shape index (κ1) is 12.6. The van der Waals surface area contributed by atoms with Crippen molar-refractivity contribution < 1.29 is 0 Å². The minimum atomic E-state index is 0.258. The molecular formula is C13H24N4. The Morgan fingerprint density at radius 3 is 2.88 bits per heavy atom. The second-order valence-electron chi connectivity index (χ2n) is 5.21. The van der Waals surface area contributed by atoms with Crippen molar-refractivity contribution in [1.82, 2.24) is 15.2 Å². The van der Waals surface area contributed by atoms with Crippen molar-refractivity contribution in [3.8, 4) is 0 Å². The number of aryl methyl sites for hydroxylation is 1. The van der Waals surface area contributed by atoms with E-state index in [0.29, 0.717) is 5.92 Å². The monoisotopic (exact) mass is 236 g/mol. The van der Waals surface area contributed by atoms with Gasteiger partial charge in [-0.15, -0.1) is 0 Å². The first-order valence-electron chi connectivity index (χ1n) is 6.71. The summed E-state index contributed by atoms with van der Waals surface area (Å²) >= 11 is 0. The summed E-state index contributed by atoms with van der Waals surface area (Å²) in [4.78, 5) is 0. The van der Waals surface area contributed by atoms with Crippen molar-refractivity contribution in [3.05, 3.63) is 18.0 Å². The van der Waals surface area contributed by atoms with E-state index in [1.165, 1.54) is 37.7 Å². The van der Waals surface area contributed by atoms with Gasteiger partial charge in [-0.2, -0.15) is 5.10 Å². The molecule has 0 bridgehead atoms. The van der Waals surface area contributed by atoms with Crippen molar-refractivity contribution >= 4 is 0 Å². The van der Waals surface area contributed by atoms with Crippen molar-refractivity contribution in [3.63, 3.8) is 0 Å². The van der Waals surface area contributed by atoms with E-state index in [4.69, 9.17) is 5.84 Å². The Labute approximate surface area is 104 Å². The predicted molar refractivity (Wildman–Crippen MR) is 69.0 cm³/mol. The first-order valence-corrected chi connectivity index (χ1v) is 6.71. The van der Waals surface area contributed by atoms with Crippen LogP contribution in [-0.4, -0.2) is 9.78 Å². The summed E-state index contributed by atoms with van der Waals surface area (Å²) in [5.74, 6) is 7.23. The van der Waals surface area contributed by atoms with E-state index in [1.807, 2.05) is 17.9 Å². The van der Waals surface area contributed by atoms with Gasteiger partial charge in [0.25, 0.3) is 0 Å². The number of aromatic nitrogens is 2. The average molecular weight is 236 g/mol. The molecule has 0 radical (unpaired) electrons. The van der Waals surface area contributed by atoms with E-state index in [9.17, 15) is 0 Å². The lowest BCUT2D eigenvalue weighted by Gasteiger charge is -2.36. The highest BCUT2D eigenvalue weighted by atomic mass is 15.3. The summed E-state index contributed by atoms with van der Waals surface area (Å²) in [5, 5.41) is 4.25. The van der Waals surface area contributed by atoms with Crippen LogP contribution in [0.25, 0.3) is 0 Å². The second-order valence-corrected chi connectivity index (χ2v) is 5.21. The van der Waals surface area contributed by atoms with Gasteiger partial charge in [0, 0.05) is 18.8 Å². The normalized spacial score (nSPS) is 27.0. The van der Waals surface area contributed by atoms with Crippen LogP contribution in [0.3, 0.4) is 0 Å². The molecule has 1 aromatic heterocycles. The van der Waals surface area contributed by atoms with Gasteiger partial charge in [-0.05, 0) is 18.3 Å². The molecule has 0 spiro atoms. The van der Waals surface area contributed by atoms with E-state index in [-0.39, 0.29) is 6.04 Å². The molecule has 1 heterocycles. The van der Waals surface area contributed by atoms with Crippen LogP contribution in [0.2, 0.25) is 0 Å². The average Bonchev–Trinajstić information content (AvgIpc) is 2.77. The van der Waals surface area contributed by atoms with Gasteiger partial charge in [-0.1, -0.05) is 32.6 Å². The van der Waals surface area contributed by atoms with Crippen LogP contribution < -0.4 is 11.3 Å². The quantitative estimate of drug-likeness (QED) is 0.622. The number of rotatable bonds is 4. The molecule has 0 saturated heterocycles. The van der Waals surface area contributed by atoms with Crippen molar-refractivity contribution in [2.75, 3.05) is 0 Å². The standard InChI is InChI=1S/C13H24N4/c1-3-10-6-4-5-7-12(10)13(16-14)11-8-15-17(2)9-11/h8-10,12-13,16H,3-7,14H2,1-2H3. The molecule has 2 rings (SSSR count). The molecule has 1 aliphatic rings. The zero-order valence-electron chi connectivity index (χ0n) is 10.9. The fourth-order valence-electron chi connectivity index (χ4n) is 3.25. The van der Waals surface area contributed by atoms with Crippen molar-refractivity contribution in [2.45, 2.75) is 45.1 Å². The molecular weight excluding hydrogens is 212 g/mol. The van der Waals surface area contributed by atoms with Gasteiger partial charge in [0.1, 0.15) is 0 Å². The molecule has 0 aliphatic heterocycles. The van der Waals surface area contributed by atoms with Crippen LogP contribution in [-0.2, 0) is 7.05 Å². The molecule has 0 aromatic carbocycles. The molecule has 1 saturated carbocycles. The SMILES string of the molecule is CCC1CCCCC1C(NN)c1cnn(C)c1. The zero-order valence-corrected chi connectivity index (χ0v) is 10.9. The van der Waals surface area contributed by atoms with Crippen LogP contribution in [0.5, 0.6) is 0 Å². The number of hydrazine groups is 1. The Hall–Kier alpha value is -0.870. The molecule has 3 atom stereocenters. The fourth-order valence-corrected chi connectivity index (χ4v) is 3.25. The number of hydrogen-bond donors (Lipinski definition) is 2. The minimum Gasteiger partial charge on any atom is -0.275 e. The Balaban J connectivity index is 2.16. The van der Waals surface area contributed by atoms with E-state index >= 15 is 0 Å². The van der Waals surface area contributed by atoms with Crippen LogP contribution in [0.4, 0.5) is 0 Å². The third-order valence-corrected chi connectivity index (χ3v) is 4.18. The van der Waals surface area contributed by atoms with Gasteiger partial charge in [0.15, 0.2) is 0 Å². The van der Waals surface area contributed by atoms with Crippen LogP contribution in [0.15, 0.2) is 12.4 Å². The van der Waals surface area contributed by atoms with E-state index < -0.39 is 0 Å². The van der Waals surface area contributed by atoms with Gasteiger partial charge in [-0.25, -0.2) is 0 Å². The molecule has 4 heteroatoms. The molecule has 4 nitrogen and oxygen atoms in total. The third kappa shape index (κ3) is 2.69. The number of nitrogens with zero attached hydrogens (tertiary/aromatic N) is 2. The van der Waals surface area contributed by atoms with Crippen LogP contribution >= 0.6 is 0 Å². The number of nitrogens with one attached hydrogen (secondary N) is 1. The topological polar surface area (TPSA) is 55.9 Å². The Morgan fingerprint density at radius 1 is 1.53 bits per heavy atom. The van der Waals surface area contributed by atoms with Gasteiger partial charge < -0.3 is 0 Å². The summed E-state index contributed by atoms with van der Waals surface area (Å²) in [7, 11) is 1.95. The van der Waals surface area contributed by atoms with Gasteiger partial charge >= 0.3 is 0 Å². The second kappa shape index (κ2) is 5.65. The summed E-state index contributed by atoms with van der Waals surface area (Å²) in [6, 6.07) is 0.258. The van der Waals surface area contributed by atoms with Crippen LogP contribution in [0.1, 0.15) is 50.6 Å². The molecule has 1 fully saturated rings. The summed E-state index contributed by atoms with van der Waals surface area (Å²) < 4.78 is 1.85. The molecule has 0 amide bonds. The van der Waals surface area contributed by atoms with Crippen molar-refractivity contribution in [1.29, 1.82) is 0 Å². The summed E-state index contributed by atoms with van der Waals surface area (Å²) in [6.45, 7) is 2.29. The van der Waals surface area contributed by atoms with Gasteiger partial charge in [0.2, 0.25) is 0 Å². The maximum absolute atomic E-state index is 5.77. The molecule has 1 aliphatic carbocycles. The molecule has 96 valence electrons. The Morgan fingerprint density at radius 2 is 2.29 bits per heavy atom. The van der Waals surface area contributed by atoms with Crippen LogP contribution in [0, 0.1) is 11.8 Å². The summed E-state index contributed by atoms with van der Waals surface area (Å²) in [6.07, 6.45) is 10.6. The van der Waals surface area contributed by atoms with E-state index in [2.05, 4.69) is 23.6 Å². The molecule has 3 unspecified atom stereocenters. The molecule has 17 heavy (non-hydrogen) atoms. The minimum absolute atomic E-state index is 0.258. The fraction of sp³-hybridized carbons (Fsp3) is 0.769. The maximum Gasteiger partial charge on any atom is 0.0538 e. The van der Waals surface area contributed by atoms with Crippen molar-refractivity contribution in [2.24, 2.45) is 24.7 Å². The van der Waals surface area contributed by atoms with E-state index in [0.717, 1.165) is 5.92 Å². The smallest absolute Gasteiger partial charge is 0.0538 e. The lowest BCUT2D eigenvalue weighted by atomic mass is 9.73. The Kier molecular flexibility index (Phi) is 4.18. The Bertz CT molecular complexity index is 347. The lowest BCUT2D eigenvalue weighted by molar-refractivity contribution is 0.176. The lowest BCUT2D eigenvalue weighted by Crippen LogP contribution is -2.37. The number of hydrogen-bond acceptors (Lipinski definition) is 3. The molecule has 1 aromatic rings. The maximum atomic E-state index is 5.77. The highest BCUT2D eigenvalue weighted by Gasteiger charge is 2.31. The molecule has 3 N–H and O–H groups in total.